The van der Waals surface area contributed by atoms with Gasteiger partial charge in [-0.25, -0.2) is 9.59 Å². The maximum atomic E-state index is 13.0. The van der Waals surface area contributed by atoms with E-state index in [2.05, 4.69) is 51.6 Å². The smallest absolute Gasteiger partial charge is 0.338 e. The molecule has 0 bridgehead atoms. The first kappa shape index (κ1) is 23.1. The molecule has 1 saturated heterocycles. The van der Waals surface area contributed by atoms with E-state index in [1.807, 2.05) is 12.1 Å². The van der Waals surface area contributed by atoms with Gasteiger partial charge in [-0.1, -0.05) is 35.9 Å². The fraction of sp³-hybridized carbons (Fsp3) is 0.360. The fourth-order valence-corrected chi connectivity index (χ4v) is 4.44. The number of urea groups is 1. The molecule has 1 fully saturated rings. The summed E-state index contributed by atoms with van der Waals surface area (Å²) in [5, 5.41) is 6.32. The van der Waals surface area contributed by atoms with E-state index >= 15 is 0 Å². The summed E-state index contributed by atoms with van der Waals surface area (Å²) in [6, 6.07) is 14.7. The summed E-state index contributed by atoms with van der Waals surface area (Å²) < 4.78 is 5.36. The Morgan fingerprint density at radius 2 is 1.85 bits per heavy atom. The SMILES string of the molecule is CCOC(=O)C1=C(CN2CCN(c3cccc(C)c3)CC2)NC(=O)N[C@@H]1c1ccc(Cl)cc1. The minimum atomic E-state index is -0.598. The predicted molar refractivity (Wildman–Crippen MR) is 129 cm³/mol. The predicted octanol–water partition coefficient (Wildman–Crippen LogP) is 3.64. The Balaban J connectivity index is 1.55. The van der Waals surface area contributed by atoms with Crippen molar-refractivity contribution in [2.75, 3.05) is 44.2 Å². The van der Waals surface area contributed by atoms with Crippen LogP contribution in [0, 0.1) is 6.92 Å². The zero-order valence-electron chi connectivity index (χ0n) is 18.9. The molecule has 8 heteroatoms. The van der Waals surface area contributed by atoms with Crippen molar-refractivity contribution < 1.29 is 14.3 Å². The highest BCUT2D eigenvalue weighted by atomic mass is 35.5. The van der Waals surface area contributed by atoms with Crippen LogP contribution in [-0.2, 0) is 9.53 Å². The van der Waals surface area contributed by atoms with Gasteiger partial charge in [0, 0.05) is 49.1 Å². The quantitative estimate of drug-likeness (QED) is 0.633. The van der Waals surface area contributed by atoms with Gasteiger partial charge in [0.2, 0.25) is 0 Å². The van der Waals surface area contributed by atoms with E-state index in [9.17, 15) is 9.59 Å². The highest BCUT2D eigenvalue weighted by molar-refractivity contribution is 6.30. The van der Waals surface area contributed by atoms with E-state index in [1.165, 1.54) is 11.3 Å². The molecule has 2 heterocycles. The van der Waals surface area contributed by atoms with Crippen LogP contribution >= 0.6 is 11.6 Å². The Bertz CT molecular complexity index is 1050. The van der Waals surface area contributed by atoms with Crippen molar-refractivity contribution in [2.45, 2.75) is 19.9 Å². The van der Waals surface area contributed by atoms with Crippen molar-refractivity contribution in [1.29, 1.82) is 0 Å². The molecule has 0 spiro atoms. The van der Waals surface area contributed by atoms with Crippen molar-refractivity contribution in [3.8, 4) is 0 Å². The molecule has 4 rings (SSSR count). The Morgan fingerprint density at radius 3 is 2.52 bits per heavy atom. The van der Waals surface area contributed by atoms with E-state index in [0.29, 0.717) is 22.8 Å². The van der Waals surface area contributed by atoms with Crippen LogP contribution in [-0.4, -0.2) is 56.2 Å². The summed E-state index contributed by atoms with van der Waals surface area (Å²) in [7, 11) is 0. The van der Waals surface area contributed by atoms with Gasteiger partial charge in [0.05, 0.1) is 18.2 Å². The number of anilines is 1. The Morgan fingerprint density at radius 1 is 1.12 bits per heavy atom. The molecule has 2 aromatic rings. The molecule has 0 unspecified atom stereocenters. The molecule has 1 atom stereocenters. The third-order valence-electron chi connectivity index (χ3n) is 5.97. The zero-order chi connectivity index (χ0) is 23.4. The van der Waals surface area contributed by atoms with Crippen LogP contribution in [0.2, 0.25) is 5.02 Å². The number of nitrogens with zero attached hydrogens (tertiary/aromatic N) is 2. The number of piperazine rings is 1. The Hall–Kier alpha value is -3.03. The van der Waals surface area contributed by atoms with Gasteiger partial charge in [0.1, 0.15) is 0 Å². The van der Waals surface area contributed by atoms with Gasteiger partial charge in [-0.05, 0) is 49.2 Å². The molecular weight excluding hydrogens is 440 g/mol. The Kier molecular flexibility index (Phi) is 7.20. The molecule has 2 N–H and O–H groups in total. The summed E-state index contributed by atoms with van der Waals surface area (Å²) in [6.07, 6.45) is 0. The number of ether oxygens (including phenoxy) is 1. The molecule has 7 nitrogen and oxygen atoms in total. The lowest BCUT2D eigenvalue weighted by atomic mass is 9.95. The van der Waals surface area contributed by atoms with Crippen molar-refractivity contribution >= 4 is 29.3 Å². The molecule has 174 valence electrons. The normalized spacial score (nSPS) is 19.2. The number of carbonyl (C=O) groups is 2. The van der Waals surface area contributed by atoms with Gasteiger partial charge in [0.15, 0.2) is 0 Å². The minimum Gasteiger partial charge on any atom is -0.463 e. The van der Waals surface area contributed by atoms with Crippen molar-refractivity contribution in [2.24, 2.45) is 0 Å². The highest BCUT2D eigenvalue weighted by Crippen LogP contribution is 2.29. The molecule has 2 aromatic carbocycles. The van der Waals surface area contributed by atoms with Gasteiger partial charge in [-0.2, -0.15) is 0 Å². The molecule has 0 aliphatic carbocycles. The molecule has 0 radical (unpaired) electrons. The summed E-state index contributed by atoms with van der Waals surface area (Å²) in [5.74, 6) is -0.432. The third kappa shape index (κ3) is 5.49. The standard InChI is InChI=1S/C25H29ClN4O3/c1-3-33-24(31)22-21(27-25(32)28-23(22)18-7-9-19(26)10-8-18)16-29-11-13-30(14-12-29)20-6-4-5-17(2)15-20/h4-10,15,23H,3,11-14,16H2,1-2H3,(H2,27,28,32)/t23-/m1/s1. The largest absolute Gasteiger partial charge is 0.463 e. The molecular formula is C25H29ClN4O3. The lowest BCUT2D eigenvalue weighted by Gasteiger charge is -2.38. The second kappa shape index (κ2) is 10.3. The van der Waals surface area contributed by atoms with Crippen LogP contribution in [0.3, 0.4) is 0 Å². The lowest BCUT2D eigenvalue weighted by Crippen LogP contribution is -2.51. The van der Waals surface area contributed by atoms with Crippen molar-refractivity contribution in [3.63, 3.8) is 0 Å². The topological polar surface area (TPSA) is 73.9 Å². The maximum absolute atomic E-state index is 13.0. The first-order chi connectivity index (χ1) is 15.9. The van der Waals surface area contributed by atoms with Crippen LogP contribution in [0.5, 0.6) is 0 Å². The van der Waals surface area contributed by atoms with Gasteiger partial charge >= 0.3 is 12.0 Å². The van der Waals surface area contributed by atoms with Crippen molar-refractivity contribution in [1.82, 2.24) is 15.5 Å². The monoisotopic (exact) mass is 468 g/mol. The number of nitrogens with one attached hydrogen (secondary N) is 2. The number of rotatable bonds is 6. The van der Waals surface area contributed by atoms with E-state index < -0.39 is 12.0 Å². The molecule has 2 aliphatic rings. The maximum Gasteiger partial charge on any atom is 0.338 e. The van der Waals surface area contributed by atoms with Gasteiger partial charge < -0.3 is 20.3 Å². The van der Waals surface area contributed by atoms with Gasteiger partial charge in [0.25, 0.3) is 0 Å². The number of halogens is 1. The number of aryl methyl sites for hydroxylation is 1. The number of carbonyl (C=O) groups excluding carboxylic acids is 2. The van der Waals surface area contributed by atoms with Crippen LogP contribution < -0.4 is 15.5 Å². The number of hydrogen-bond acceptors (Lipinski definition) is 5. The average molecular weight is 469 g/mol. The summed E-state index contributed by atoms with van der Waals surface area (Å²) in [6.45, 7) is 7.98. The lowest BCUT2D eigenvalue weighted by molar-refractivity contribution is -0.139. The van der Waals surface area contributed by atoms with Crippen LogP contribution in [0.4, 0.5) is 10.5 Å². The van der Waals surface area contributed by atoms with Crippen LogP contribution in [0.15, 0.2) is 59.8 Å². The number of hydrogen-bond donors (Lipinski definition) is 2. The van der Waals surface area contributed by atoms with E-state index in [-0.39, 0.29) is 12.6 Å². The number of amides is 2. The first-order valence-electron chi connectivity index (χ1n) is 11.2. The zero-order valence-corrected chi connectivity index (χ0v) is 19.7. The van der Waals surface area contributed by atoms with E-state index in [0.717, 1.165) is 31.7 Å². The van der Waals surface area contributed by atoms with E-state index in [4.69, 9.17) is 16.3 Å². The average Bonchev–Trinajstić information content (AvgIpc) is 2.80. The molecule has 0 aromatic heterocycles. The second-order valence-corrected chi connectivity index (χ2v) is 8.73. The summed E-state index contributed by atoms with van der Waals surface area (Å²) >= 11 is 6.04. The number of esters is 1. The van der Waals surface area contributed by atoms with Crippen molar-refractivity contribution in [3.05, 3.63) is 76.0 Å². The molecule has 2 aliphatic heterocycles. The molecule has 33 heavy (non-hydrogen) atoms. The van der Waals surface area contributed by atoms with Crippen LogP contribution in [0.25, 0.3) is 0 Å². The third-order valence-corrected chi connectivity index (χ3v) is 6.23. The summed E-state index contributed by atoms with van der Waals surface area (Å²) in [5.41, 5.74) is 4.25. The number of benzene rings is 2. The first-order valence-corrected chi connectivity index (χ1v) is 11.6. The second-order valence-electron chi connectivity index (χ2n) is 8.30. The van der Waals surface area contributed by atoms with Crippen LogP contribution in [0.1, 0.15) is 24.1 Å². The van der Waals surface area contributed by atoms with Gasteiger partial charge in [-0.3, -0.25) is 4.90 Å². The summed E-state index contributed by atoms with van der Waals surface area (Å²) in [4.78, 5) is 30.1. The van der Waals surface area contributed by atoms with E-state index in [1.54, 1.807) is 19.1 Å². The van der Waals surface area contributed by atoms with Gasteiger partial charge in [-0.15, -0.1) is 0 Å². The molecule has 0 saturated carbocycles. The minimum absolute atomic E-state index is 0.256. The molecule has 2 amide bonds. The Labute approximate surface area is 199 Å². The fourth-order valence-electron chi connectivity index (χ4n) is 4.31. The highest BCUT2D eigenvalue weighted by Gasteiger charge is 2.34.